The number of aliphatic hydroxyl groups excluding tert-OH is 1. The molecule has 0 bridgehead atoms. The first kappa shape index (κ1) is 18.8. The van der Waals surface area contributed by atoms with Crippen molar-refractivity contribution < 1.29 is 9.90 Å². The van der Waals surface area contributed by atoms with Gasteiger partial charge in [-0.2, -0.15) is 0 Å². The van der Waals surface area contributed by atoms with Crippen molar-refractivity contribution >= 4 is 5.91 Å². The van der Waals surface area contributed by atoms with Gasteiger partial charge in [0.2, 0.25) is 5.91 Å². The number of nitrogens with one attached hydrogen (secondary N) is 1. The molecule has 0 saturated carbocycles. The number of amides is 1. The number of likely N-dealkylation sites (N-methyl/N-ethyl adjacent to an activating group) is 1. The molecule has 0 saturated heterocycles. The molecule has 0 spiro atoms. The molecule has 2 rings (SSSR count). The number of aryl methyl sites for hydroxylation is 1. The fourth-order valence-corrected chi connectivity index (χ4v) is 1.29. The molecule has 0 aliphatic rings. The number of hydrogen-bond donors (Lipinski definition) is 3. The third-order valence-electron chi connectivity index (χ3n) is 2.32. The molecule has 4 heteroatoms. The molecule has 0 aromatic heterocycles. The molecule has 0 aliphatic heterocycles. The monoisotopic (exact) mass is 288 g/mol. The van der Waals surface area contributed by atoms with Crippen molar-refractivity contribution in [1.82, 2.24) is 5.32 Å². The van der Waals surface area contributed by atoms with Crippen molar-refractivity contribution in [3.63, 3.8) is 0 Å². The van der Waals surface area contributed by atoms with Gasteiger partial charge in [-0.1, -0.05) is 66.2 Å². The molecule has 0 atom stereocenters. The first-order valence-corrected chi connectivity index (χ1v) is 6.69. The minimum Gasteiger partial charge on any atom is -0.392 e. The zero-order chi connectivity index (χ0) is 15.9. The number of carbonyl (C=O) groups is 1. The Hall–Kier alpha value is -2.17. The summed E-state index contributed by atoms with van der Waals surface area (Å²) in [5.74, 6) is -0.322. The van der Waals surface area contributed by atoms with E-state index < -0.39 is 0 Å². The van der Waals surface area contributed by atoms with Crippen molar-refractivity contribution in [3.05, 3.63) is 71.8 Å². The Bertz CT molecular complexity index is 473. The van der Waals surface area contributed by atoms with Crippen LogP contribution in [-0.2, 0) is 11.4 Å². The molecule has 0 unspecified atom stereocenters. The van der Waals surface area contributed by atoms with Gasteiger partial charge < -0.3 is 16.2 Å². The van der Waals surface area contributed by atoms with Crippen LogP contribution in [0, 0.1) is 6.92 Å². The van der Waals surface area contributed by atoms with Gasteiger partial charge in [0, 0.05) is 0 Å². The summed E-state index contributed by atoms with van der Waals surface area (Å²) in [5, 5.41) is 11.1. The van der Waals surface area contributed by atoms with Gasteiger partial charge in [0.15, 0.2) is 0 Å². The highest BCUT2D eigenvalue weighted by Gasteiger charge is 1.83. The maximum Gasteiger partial charge on any atom is 0.231 e. The van der Waals surface area contributed by atoms with E-state index in [1.54, 1.807) is 7.05 Å². The van der Waals surface area contributed by atoms with Gasteiger partial charge >= 0.3 is 0 Å². The maximum atomic E-state index is 9.76. The van der Waals surface area contributed by atoms with E-state index in [0.29, 0.717) is 0 Å². The SMILES string of the molecule is CNCC(N)=O.Cc1ccccc1.OCc1ccccc1. The lowest BCUT2D eigenvalue weighted by atomic mass is 10.2. The van der Waals surface area contributed by atoms with Crippen LogP contribution in [0.2, 0.25) is 0 Å². The first-order chi connectivity index (χ1) is 10.1. The van der Waals surface area contributed by atoms with Crippen LogP contribution >= 0.6 is 0 Å². The van der Waals surface area contributed by atoms with E-state index in [1.807, 2.05) is 48.5 Å². The molecular weight excluding hydrogens is 264 g/mol. The number of hydrogen-bond acceptors (Lipinski definition) is 3. The largest absolute Gasteiger partial charge is 0.392 e. The minimum atomic E-state index is -0.322. The zero-order valence-electron chi connectivity index (χ0n) is 12.6. The topological polar surface area (TPSA) is 75.3 Å². The average Bonchev–Trinajstić information content (AvgIpc) is 2.50. The number of nitrogens with two attached hydrogens (primary N) is 1. The summed E-state index contributed by atoms with van der Waals surface area (Å²) in [6.07, 6.45) is 0. The average molecular weight is 288 g/mol. The molecule has 0 radical (unpaired) electrons. The van der Waals surface area contributed by atoms with Gasteiger partial charge in [-0.3, -0.25) is 4.79 Å². The smallest absolute Gasteiger partial charge is 0.231 e. The molecule has 0 aliphatic carbocycles. The molecule has 4 nitrogen and oxygen atoms in total. The summed E-state index contributed by atoms with van der Waals surface area (Å²) in [6.45, 7) is 2.49. The van der Waals surface area contributed by atoms with Crippen molar-refractivity contribution in [1.29, 1.82) is 0 Å². The van der Waals surface area contributed by atoms with E-state index in [2.05, 4.69) is 24.4 Å². The lowest BCUT2D eigenvalue weighted by Gasteiger charge is -1.89. The Labute approximate surface area is 126 Å². The van der Waals surface area contributed by atoms with E-state index in [0.717, 1.165) is 5.56 Å². The quantitative estimate of drug-likeness (QED) is 0.807. The van der Waals surface area contributed by atoms with Crippen LogP contribution in [0.25, 0.3) is 0 Å². The minimum absolute atomic E-state index is 0.140. The van der Waals surface area contributed by atoms with E-state index in [1.165, 1.54) is 5.56 Å². The summed E-state index contributed by atoms with van der Waals surface area (Å²) in [7, 11) is 1.67. The van der Waals surface area contributed by atoms with Crippen molar-refractivity contribution in [2.24, 2.45) is 5.73 Å². The fourth-order valence-electron chi connectivity index (χ4n) is 1.29. The number of primary amides is 1. The van der Waals surface area contributed by atoms with Gasteiger partial charge in [-0.05, 0) is 19.5 Å². The zero-order valence-corrected chi connectivity index (χ0v) is 12.6. The molecule has 0 fully saturated rings. The molecule has 0 heterocycles. The lowest BCUT2D eigenvalue weighted by molar-refractivity contribution is -0.117. The van der Waals surface area contributed by atoms with Gasteiger partial charge in [-0.25, -0.2) is 0 Å². The maximum absolute atomic E-state index is 9.76. The van der Waals surface area contributed by atoms with Gasteiger partial charge in [0.05, 0.1) is 13.2 Å². The molecule has 2 aromatic rings. The fraction of sp³-hybridized carbons (Fsp3) is 0.235. The van der Waals surface area contributed by atoms with Crippen LogP contribution in [-0.4, -0.2) is 24.6 Å². The second-order valence-corrected chi connectivity index (χ2v) is 4.30. The van der Waals surface area contributed by atoms with Crippen LogP contribution in [0.3, 0.4) is 0 Å². The third-order valence-corrected chi connectivity index (χ3v) is 2.32. The predicted molar refractivity (Wildman–Crippen MR) is 86.7 cm³/mol. The number of benzene rings is 2. The molecular formula is C17H24N2O2. The molecule has 2 aromatic carbocycles. The highest BCUT2D eigenvalue weighted by molar-refractivity contribution is 5.75. The van der Waals surface area contributed by atoms with Crippen molar-refractivity contribution in [3.8, 4) is 0 Å². The van der Waals surface area contributed by atoms with E-state index in [4.69, 9.17) is 10.8 Å². The lowest BCUT2D eigenvalue weighted by Crippen LogP contribution is -2.25. The number of rotatable bonds is 3. The van der Waals surface area contributed by atoms with Gasteiger partial charge in [0.25, 0.3) is 0 Å². The summed E-state index contributed by atoms with van der Waals surface area (Å²) in [6, 6.07) is 19.8. The summed E-state index contributed by atoms with van der Waals surface area (Å²) in [5.41, 5.74) is 6.99. The van der Waals surface area contributed by atoms with Gasteiger partial charge in [-0.15, -0.1) is 0 Å². The molecule has 4 N–H and O–H groups in total. The third kappa shape index (κ3) is 12.6. The standard InChI is InChI=1S/C7H8O.C7H8.C3H8N2O/c8-6-7-4-2-1-3-5-7;1-7-5-3-2-4-6-7;1-5-2-3(4)6/h1-5,8H,6H2;2-6H,1H3;5H,2H2,1H3,(H2,4,6). The van der Waals surface area contributed by atoms with Crippen LogP contribution in [0.5, 0.6) is 0 Å². The highest BCUT2D eigenvalue weighted by Crippen LogP contribution is 1.95. The summed E-state index contributed by atoms with van der Waals surface area (Å²) in [4.78, 5) is 9.76. The Morgan fingerprint density at radius 2 is 1.52 bits per heavy atom. The number of carbonyl (C=O) groups excluding carboxylic acids is 1. The van der Waals surface area contributed by atoms with E-state index in [9.17, 15) is 4.79 Å². The Morgan fingerprint density at radius 1 is 1.05 bits per heavy atom. The van der Waals surface area contributed by atoms with Crippen LogP contribution in [0.4, 0.5) is 0 Å². The Balaban J connectivity index is 0.000000290. The molecule has 114 valence electrons. The Kier molecular flexibility index (Phi) is 11.5. The molecule has 1 amide bonds. The second-order valence-electron chi connectivity index (χ2n) is 4.30. The van der Waals surface area contributed by atoms with E-state index in [-0.39, 0.29) is 19.1 Å². The van der Waals surface area contributed by atoms with Crippen LogP contribution in [0.15, 0.2) is 60.7 Å². The number of aliphatic hydroxyl groups is 1. The Morgan fingerprint density at radius 3 is 1.71 bits per heavy atom. The normalized spacial score (nSPS) is 8.71. The predicted octanol–water partition coefficient (Wildman–Crippen LogP) is 1.87. The van der Waals surface area contributed by atoms with Crippen molar-refractivity contribution in [2.75, 3.05) is 13.6 Å². The van der Waals surface area contributed by atoms with Gasteiger partial charge in [0.1, 0.15) is 0 Å². The van der Waals surface area contributed by atoms with Crippen LogP contribution < -0.4 is 11.1 Å². The molecule has 21 heavy (non-hydrogen) atoms. The summed E-state index contributed by atoms with van der Waals surface area (Å²) < 4.78 is 0. The highest BCUT2D eigenvalue weighted by atomic mass is 16.3. The van der Waals surface area contributed by atoms with E-state index >= 15 is 0 Å². The second kappa shape index (κ2) is 12.8. The van der Waals surface area contributed by atoms with Crippen LogP contribution in [0.1, 0.15) is 11.1 Å². The first-order valence-electron chi connectivity index (χ1n) is 6.69. The summed E-state index contributed by atoms with van der Waals surface area (Å²) >= 11 is 0. The van der Waals surface area contributed by atoms with Crippen molar-refractivity contribution in [2.45, 2.75) is 13.5 Å².